The van der Waals surface area contributed by atoms with Gasteiger partial charge in [-0.05, 0) is 36.4 Å². The topological polar surface area (TPSA) is 55.6 Å². The van der Waals surface area contributed by atoms with Gasteiger partial charge in [0, 0.05) is 42.6 Å². The SMILES string of the molecule is COc1ccc(-c2cnc(CCC(=O)N(C)Cc3c(F)cccc3Cl)o2)cc1. The van der Waals surface area contributed by atoms with E-state index in [4.69, 9.17) is 20.8 Å². The van der Waals surface area contributed by atoms with Crippen molar-refractivity contribution < 1.29 is 18.3 Å². The van der Waals surface area contributed by atoms with Crippen molar-refractivity contribution in [2.45, 2.75) is 19.4 Å². The van der Waals surface area contributed by atoms with Crippen LogP contribution in [0.5, 0.6) is 5.75 Å². The van der Waals surface area contributed by atoms with Gasteiger partial charge in [-0.25, -0.2) is 9.37 Å². The summed E-state index contributed by atoms with van der Waals surface area (Å²) in [6, 6.07) is 11.9. The van der Waals surface area contributed by atoms with E-state index < -0.39 is 5.82 Å². The van der Waals surface area contributed by atoms with Gasteiger partial charge < -0.3 is 14.1 Å². The fourth-order valence-corrected chi connectivity index (χ4v) is 2.95. The van der Waals surface area contributed by atoms with Crippen molar-refractivity contribution in [1.29, 1.82) is 0 Å². The molecular weight excluding hydrogens is 383 g/mol. The number of hydrogen-bond donors (Lipinski definition) is 0. The van der Waals surface area contributed by atoms with Gasteiger partial charge in [-0.3, -0.25) is 4.79 Å². The third-order valence-corrected chi connectivity index (χ3v) is 4.72. The number of carbonyl (C=O) groups is 1. The summed E-state index contributed by atoms with van der Waals surface area (Å²) in [6.45, 7) is 0.104. The Morgan fingerprint density at radius 2 is 2.00 bits per heavy atom. The lowest BCUT2D eigenvalue weighted by Crippen LogP contribution is -2.27. The number of benzene rings is 2. The summed E-state index contributed by atoms with van der Waals surface area (Å²) in [7, 11) is 3.22. The zero-order valence-electron chi connectivity index (χ0n) is 15.6. The summed E-state index contributed by atoms with van der Waals surface area (Å²) in [6.07, 6.45) is 2.18. The van der Waals surface area contributed by atoms with Crippen LogP contribution in [0.4, 0.5) is 4.39 Å². The molecule has 1 aromatic heterocycles. The fourth-order valence-electron chi connectivity index (χ4n) is 2.73. The zero-order valence-corrected chi connectivity index (χ0v) is 16.4. The van der Waals surface area contributed by atoms with E-state index in [1.54, 1.807) is 26.4 Å². The van der Waals surface area contributed by atoms with Crippen molar-refractivity contribution in [3.63, 3.8) is 0 Å². The largest absolute Gasteiger partial charge is 0.497 e. The fraction of sp³-hybridized carbons (Fsp3) is 0.238. The monoisotopic (exact) mass is 402 g/mol. The minimum Gasteiger partial charge on any atom is -0.497 e. The number of carbonyl (C=O) groups excluding carboxylic acids is 1. The van der Waals surface area contributed by atoms with Gasteiger partial charge in [0.25, 0.3) is 0 Å². The van der Waals surface area contributed by atoms with Crippen LogP contribution in [0.25, 0.3) is 11.3 Å². The summed E-state index contributed by atoms with van der Waals surface area (Å²) in [4.78, 5) is 18.0. The molecule has 0 saturated carbocycles. The first-order chi connectivity index (χ1) is 13.5. The van der Waals surface area contributed by atoms with Crippen LogP contribution >= 0.6 is 11.6 Å². The Morgan fingerprint density at radius 3 is 2.68 bits per heavy atom. The average Bonchev–Trinajstić information content (AvgIpc) is 3.18. The predicted octanol–water partition coefficient (Wildman–Crippen LogP) is 4.73. The summed E-state index contributed by atoms with van der Waals surface area (Å²) >= 11 is 6.02. The molecule has 0 aliphatic rings. The average molecular weight is 403 g/mol. The van der Waals surface area contributed by atoms with Crippen LogP contribution in [0.15, 0.2) is 53.1 Å². The van der Waals surface area contributed by atoms with Crippen LogP contribution < -0.4 is 4.74 Å². The number of aryl methyl sites for hydroxylation is 1. The summed E-state index contributed by atoms with van der Waals surface area (Å²) in [5.74, 6) is 1.27. The van der Waals surface area contributed by atoms with Gasteiger partial charge in [0.1, 0.15) is 11.6 Å². The Kier molecular flexibility index (Phi) is 6.31. The van der Waals surface area contributed by atoms with Crippen molar-refractivity contribution in [3.8, 4) is 17.1 Å². The maximum atomic E-state index is 13.9. The number of oxazole rings is 1. The Labute approximate surface area is 167 Å². The van der Waals surface area contributed by atoms with Gasteiger partial charge >= 0.3 is 0 Å². The van der Waals surface area contributed by atoms with Gasteiger partial charge in [0.2, 0.25) is 5.91 Å². The molecule has 0 unspecified atom stereocenters. The highest BCUT2D eigenvalue weighted by Crippen LogP contribution is 2.24. The molecule has 28 heavy (non-hydrogen) atoms. The van der Waals surface area contributed by atoms with Crippen LogP contribution in [-0.2, 0) is 17.8 Å². The first-order valence-corrected chi connectivity index (χ1v) is 9.11. The molecule has 0 atom stereocenters. The standard InChI is InChI=1S/C21H20ClFN2O3/c1-25(13-16-17(22)4-3-5-18(16)23)21(26)11-10-20-24-12-19(28-20)14-6-8-15(27-2)9-7-14/h3-9,12H,10-11,13H2,1-2H3. The minimum atomic E-state index is -0.427. The van der Waals surface area contributed by atoms with Crippen LogP contribution in [-0.4, -0.2) is 29.9 Å². The Morgan fingerprint density at radius 1 is 1.25 bits per heavy atom. The van der Waals surface area contributed by atoms with Crippen molar-refractivity contribution in [2.75, 3.05) is 14.2 Å². The first-order valence-electron chi connectivity index (χ1n) is 8.74. The number of methoxy groups -OCH3 is 1. The second-order valence-corrected chi connectivity index (χ2v) is 6.70. The number of aromatic nitrogens is 1. The summed E-state index contributed by atoms with van der Waals surface area (Å²) in [5, 5.41) is 0.302. The summed E-state index contributed by atoms with van der Waals surface area (Å²) in [5.41, 5.74) is 1.18. The smallest absolute Gasteiger partial charge is 0.223 e. The molecule has 0 saturated heterocycles. The van der Waals surface area contributed by atoms with Crippen LogP contribution in [0.2, 0.25) is 5.02 Å². The lowest BCUT2D eigenvalue weighted by molar-refractivity contribution is -0.130. The van der Waals surface area contributed by atoms with Gasteiger partial charge in [0.05, 0.1) is 13.3 Å². The number of nitrogens with zero attached hydrogens (tertiary/aromatic N) is 2. The number of hydrogen-bond acceptors (Lipinski definition) is 4. The molecule has 2 aromatic carbocycles. The van der Waals surface area contributed by atoms with Crippen molar-refractivity contribution in [1.82, 2.24) is 9.88 Å². The molecule has 0 spiro atoms. The first kappa shape index (κ1) is 19.9. The lowest BCUT2D eigenvalue weighted by Gasteiger charge is -2.18. The van der Waals surface area contributed by atoms with Crippen LogP contribution in [0.1, 0.15) is 17.9 Å². The molecule has 0 aliphatic carbocycles. The second kappa shape index (κ2) is 8.89. The maximum Gasteiger partial charge on any atom is 0.223 e. The van der Waals surface area contributed by atoms with E-state index in [1.807, 2.05) is 24.3 Å². The van der Waals surface area contributed by atoms with Crippen molar-refractivity contribution in [2.24, 2.45) is 0 Å². The summed E-state index contributed by atoms with van der Waals surface area (Å²) < 4.78 is 24.7. The molecule has 0 N–H and O–H groups in total. The number of ether oxygens (including phenoxy) is 1. The van der Waals surface area contributed by atoms with E-state index >= 15 is 0 Å². The highest BCUT2D eigenvalue weighted by Gasteiger charge is 2.16. The Bertz CT molecular complexity index is 936. The molecule has 7 heteroatoms. The number of amides is 1. The zero-order chi connectivity index (χ0) is 20.1. The molecule has 3 aromatic rings. The molecule has 0 radical (unpaired) electrons. The lowest BCUT2D eigenvalue weighted by atomic mass is 10.2. The van der Waals surface area contributed by atoms with E-state index in [0.29, 0.717) is 28.7 Å². The van der Waals surface area contributed by atoms with Crippen LogP contribution in [0, 0.1) is 5.82 Å². The maximum absolute atomic E-state index is 13.9. The van der Waals surface area contributed by atoms with E-state index in [-0.39, 0.29) is 18.9 Å². The molecule has 146 valence electrons. The number of rotatable bonds is 7. The molecular formula is C21H20ClFN2O3. The molecule has 0 fully saturated rings. The van der Waals surface area contributed by atoms with Crippen LogP contribution in [0.3, 0.4) is 0 Å². The van der Waals surface area contributed by atoms with Crippen molar-refractivity contribution in [3.05, 3.63) is 71.0 Å². The molecule has 1 amide bonds. The predicted molar refractivity (Wildman–Crippen MR) is 105 cm³/mol. The van der Waals surface area contributed by atoms with E-state index in [1.165, 1.54) is 17.0 Å². The number of halogens is 2. The normalized spacial score (nSPS) is 10.7. The molecule has 5 nitrogen and oxygen atoms in total. The van der Waals surface area contributed by atoms with E-state index in [9.17, 15) is 9.18 Å². The van der Waals surface area contributed by atoms with Gasteiger partial charge in [0.15, 0.2) is 11.7 Å². The second-order valence-electron chi connectivity index (χ2n) is 6.30. The third-order valence-electron chi connectivity index (χ3n) is 4.36. The van der Waals surface area contributed by atoms with E-state index in [0.717, 1.165) is 11.3 Å². The quantitative estimate of drug-likeness (QED) is 0.573. The van der Waals surface area contributed by atoms with Gasteiger partial charge in [-0.2, -0.15) is 0 Å². The highest BCUT2D eigenvalue weighted by molar-refractivity contribution is 6.31. The minimum absolute atomic E-state index is 0.104. The molecule has 3 rings (SSSR count). The molecule has 1 heterocycles. The Balaban J connectivity index is 1.58. The highest BCUT2D eigenvalue weighted by atomic mass is 35.5. The Hall–Kier alpha value is -2.86. The van der Waals surface area contributed by atoms with E-state index in [2.05, 4.69) is 4.98 Å². The van der Waals surface area contributed by atoms with Gasteiger partial charge in [-0.15, -0.1) is 0 Å². The van der Waals surface area contributed by atoms with Gasteiger partial charge in [-0.1, -0.05) is 17.7 Å². The third kappa shape index (κ3) is 4.70. The van der Waals surface area contributed by atoms with Crippen molar-refractivity contribution >= 4 is 17.5 Å². The molecule has 0 bridgehead atoms. The molecule has 0 aliphatic heterocycles.